The Bertz CT molecular complexity index is 207. The summed E-state index contributed by atoms with van der Waals surface area (Å²) in [5, 5.41) is 2.52. The highest BCUT2D eigenvalue weighted by molar-refractivity contribution is 7.74. The average Bonchev–Trinajstić information content (AvgIpc) is 2.10. The molecule has 76 valence electrons. The number of nitrogens with one attached hydrogen (secondary N) is 1. The van der Waals surface area contributed by atoms with Gasteiger partial charge < -0.3 is 14.1 Å². The zero-order chi connectivity index (χ0) is 10.3. The smallest absolute Gasteiger partial charge is 0.243 e. The Morgan fingerprint density at radius 1 is 1.85 bits per heavy atom. The van der Waals surface area contributed by atoms with Gasteiger partial charge in [-0.25, -0.2) is 4.21 Å². The lowest BCUT2D eigenvalue weighted by Gasteiger charge is -2.12. The van der Waals surface area contributed by atoms with Crippen LogP contribution in [0, 0.1) is 5.92 Å². The van der Waals surface area contributed by atoms with Crippen molar-refractivity contribution in [3.05, 3.63) is 12.7 Å². The summed E-state index contributed by atoms with van der Waals surface area (Å²) in [7, 11) is 0. The first-order chi connectivity index (χ1) is 6.06. The third-order valence-electron chi connectivity index (χ3n) is 1.26. The van der Waals surface area contributed by atoms with Crippen LogP contribution in [0.15, 0.2) is 12.7 Å². The molecular weight excluding hydrogens is 194 g/mol. The van der Waals surface area contributed by atoms with E-state index >= 15 is 0 Å². The van der Waals surface area contributed by atoms with E-state index in [2.05, 4.69) is 16.1 Å². The van der Waals surface area contributed by atoms with E-state index in [1.54, 1.807) is 6.92 Å². The van der Waals surface area contributed by atoms with Crippen LogP contribution in [0.5, 0.6) is 0 Å². The van der Waals surface area contributed by atoms with Crippen molar-refractivity contribution >= 4 is 17.3 Å². The molecule has 0 aliphatic rings. The molecule has 13 heavy (non-hydrogen) atoms. The van der Waals surface area contributed by atoms with Crippen LogP contribution in [-0.4, -0.2) is 27.8 Å². The molecule has 0 aromatic rings. The maximum atomic E-state index is 10.7. The minimum atomic E-state index is -2.49. The van der Waals surface area contributed by atoms with Gasteiger partial charge in [-0.2, -0.15) is 0 Å². The predicted molar refractivity (Wildman–Crippen MR) is 47.2 cm³/mol. The molecule has 5 nitrogen and oxygen atoms in total. The average molecular weight is 206 g/mol. The molecule has 0 aromatic heterocycles. The van der Waals surface area contributed by atoms with Gasteiger partial charge in [-0.1, -0.05) is 13.5 Å². The van der Waals surface area contributed by atoms with Gasteiger partial charge in [-0.05, 0) is 12.0 Å². The molecule has 0 rings (SSSR count). The molecule has 0 heterocycles. The second kappa shape index (κ2) is 6.76. The van der Waals surface area contributed by atoms with Crippen LogP contribution in [0.3, 0.4) is 0 Å². The number of amides is 1. The summed E-state index contributed by atoms with van der Waals surface area (Å²) in [6.45, 7) is 5.46. The number of carbonyl (C=O) groups excluding carboxylic acids is 1. The van der Waals surface area contributed by atoms with Gasteiger partial charge >= 0.3 is 0 Å². The van der Waals surface area contributed by atoms with Gasteiger partial charge in [0.1, 0.15) is 0 Å². The van der Waals surface area contributed by atoms with E-state index in [1.807, 2.05) is 0 Å². The van der Waals surface area contributed by atoms with Crippen LogP contribution < -0.4 is 5.32 Å². The molecule has 2 atom stereocenters. The lowest BCUT2D eigenvalue weighted by atomic mass is 10.2. The molecular formula is C7H12NO4S-. The maximum Gasteiger partial charge on any atom is 0.243 e. The fraction of sp³-hybridized carbons (Fsp3) is 0.571. The fourth-order valence-electron chi connectivity index (χ4n) is 0.578. The second-order valence-electron chi connectivity index (χ2n) is 2.54. The molecule has 6 heteroatoms. The molecule has 1 amide bonds. The van der Waals surface area contributed by atoms with Crippen LogP contribution in [0.4, 0.5) is 0 Å². The van der Waals surface area contributed by atoms with Gasteiger partial charge in [0.15, 0.2) is 0 Å². The molecule has 0 saturated heterocycles. The molecule has 0 bridgehead atoms. The van der Waals surface area contributed by atoms with Gasteiger partial charge in [-0.15, -0.1) is 0 Å². The predicted octanol–water partition coefficient (Wildman–Crippen LogP) is -0.265. The van der Waals surface area contributed by atoms with E-state index in [4.69, 9.17) is 0 Å². The zero-order valence-electron chi connectivity index (χ0n) is 7.32. The summed E-state index contributed by atoms with van der Waals surface area (Å²) >= 11 is -2.49. The Kier molecular flexibility index (Phi) is 6.38. The van der Waals surface area contributed by atoms with Crippen LogP contribution in [0.1, 0.15) is 6.92 Å². The summed E-state index contributed by atoms with van der Waals surface area (Å²) < 4.78 is 24.3. The maximum absolute atomic E-state index is 10.7. The molecule has 0 aliphatic heterocycles. The standard InChI is InChI=1S/C7H13NO4S/c1-3-7(9)8-4-6(2)5-12-13(10)11/h3,6H,1,4-5H2,2H3,(H,8,9)(H,10,11)/p-1. The third-order valence-corrected chi connectivity index (χ3v) is 1.59. The van der Waals surface area contributed by atoms with Crippen LogP contribution >= 0.6 is 0 Å². The van der Waals surface area contributed by atoms with E-state index < -0.39 is 11.4 Å². The fourth-order valence-corrected chi connectivity index (χ4v) is 0.921. The van der Waals surface area contributed by atoms with Crippen molar-refractivity contribution in [1.82, 2.24) is 5.32 Å². The minimum Gasteiger partial charge on any atom is -0.750 e. The molecule has 0 saturated carbocycles. The monoisotopic (exact) mass is 206 g/mol. The molecule has 0 spiro atoms. The quantitative estimate of drug-likeness (QED) is 0.479. The lowest BCUT2D eigenvalue weighted by molar-refractivity contribution is -0.116. The molecule has 2 unspecified atom stereocenters. The zero-order valence-corrected chi connectivity index (χ0v) is 8.13. The Labute approximate surface area is 79.7 Å². The highest BCUT2D eigenvalue weighted by Crippen LogP contribution is 1.94. The summed E-state index contributed by atoms with van der Waals surface area (Å²) in [5.74, 6) is -0.336. The first-order valence-corrected chi connectivity index (χ1v) is 4.69. The highest BCUT2D eigenvalue weighted by atomic mass is 32.2. The van der Waals surface area contributed by atoms with E-state index in [0.717, 1.165) is 6.08 Å². The third kappa shape index (κ3) is 7.63. The van der Waals surface area contributed by atoms with Crippen molar-refractivity contribution < 1.29 is 17.7 Å². The molecule has 1 N–H and O–H groups in total. The first kappa shape index (κ1) is 12.3. The Morgan fingerprint density at radius 3 is 2.92 bits per heavy atom. The highest BCUT2D eigenvalue weighted by Gasteiger charge is 2.03. The topological polar surface area (TPSA) is 78.5 Å². The molecule has 0 aliphatic carbocycles. The number of carbonyl (C=O) groups is 1. The van der Waals surface area contributed by atoms with Crippen molar-refractivity contribution in [3.63, 3.8) is 0 Å². The number of rotatable bonds is 6. The van der Waals surface area contributed by atoms with Crippen molar-refractivity contribution in [3.8, 4) is 0 Å². The van der Waals surface area contributed by atoms with Gasteiger partial charge in [0.05, 0.1) is 18.0 Å². The van der Waals surface area contributed by atoms with Crippen LogP contribution in [0.2, 0.25) is 0 Å². The van der Waals surface area contributed by atoms with E-state index in [9.17, 15) is 13.6 Å². The van der Waals surface area contributed by atoms with Gasteiger partial charge in [0.2, 0.25) is 5.91 Å². The Hall–Kier alpha value is -0.720. The van der Waals surface area contributed by atoms with E-state index in [1.165, 1.54) is 0 Å². The minimum absolute atomic E-state index is 0.0539. The summed E-state index contributed by atoms with van der Waals surface area (Å²) in [6, 6.07) is 0. The Morgan fingerprint density at radius 2 is 2.46 bits per heavy atom. The van der Waals surface area contributed by atoms with Crippen molar-refractivity contribution in [2.45, 2.75) is 6.92 Å². The van der Waals surface area contributed by atoms with Crippen molar-refractivity contribution in [2.75, 3.05) is 13.2 Å². The van der Waals surface area contributed by atoms with E-state index in [0.29, 0.717) is 6.54 Å². The normalized spacial score (nSPS) is 14.6. The van der Waals surface area contributed by atoms with Crippen LogP contribution in [0.25, 0.3) is 0 Å². The SMILES string of the molecule is C=CC(=O)NCC(C)COS(=O)[O-]. The van der Waals surface area contributed by atoms with Gasteiger partial charge in [0.25, 0.3) is 0 Å². The Balaban J connectivity index is 3.50. The molecule has 0 aromatic carbocycles. The van der Waals surface area contributed by atoms with Crippen molar-refractivity contribution in [2.24, 2.45) is 5.92 Å². The largest absolute Gasteiger partial charge is 0.750 e. The van der Waals surface area contributed by atoms with Gasteiger partial charge in [-0.3, -0.25) is 4.79 Å². The summed E-state index contributed by atoms with van der Waals surface area (Å²) in [4.78, 5) is 10.7. The van der Waals surface area contributed by atoms with Crippen molar-refractivity contribution in [1.29, 1.82) is 0 Å². The lowest BCUT2D eigenvalue weighted by Crippen LogP contribution is -2.28. The molecule has 0 fully saturated rings. The summed E-state index contributed by atoms with van der Waals surface area (Å²) in [6.07, 6.45) is 1.15. The second-order valence-corrected chi connectivity index (χ2v) is 3.19. The van der Waals surface area contributed by atoms with E-state index in [-0.39, 0.29) is 18.4 Å². The first-order valence-electron chi connectivity index (χ1n) is 3.69. The number of hydrogen-bond acceptors (Lipinski definition) is 4. The summed E-state index contributed by atoms with van der Waals surface area (Å²) in [5.41, 5.74) is 0. The molecule has 0 radical (unpaired) electrons. The number of hydrogen-bond donors (Lipinski definition) is 1. The van der Waals surface area contributed by atoms with Crippen LogP contribution in [-0.2, 0) is 20.3 Å². The van der Waals surface area contributed by atoms with Gasteiger partial charge in [0, 0.05) is 6.54 Å².